The lowest BCUT2D eigenvalue weighted by Gasteiger charge is -2.39. The van der Waals surface area contributed by atoms with E-state index in [9.17, 15) is 0 Å². The SMILES string of the molecule is CNCc1c(Cl)cccc1N1CCN(C(C)C)CC1. The maximum Gasteiger partial charge on any atom is 0.0471 e. The van der Waals surface area contributed by atoms with Crippen molar-refractivity contribution >= 4 is 17.3 Å². The fraction of sp³-hybridized carbons (Fsp3) is 0.600. The number of halogens is 1. The van der Waals surface area contributed by atoms with Crippen molar-refractivity contribution in [3.8, 4) is 0 Å². The molecule has 1 heterocycles. The van der Waals surface area contributed by atoms with Gasteiger partial charge in [0.25, 0.3) is 0 Å². The van der Waals surface area contributed by atoms with Crippen molar-refractivity contribution in [3.05, 3.63) is 28.8 Å². The van der Waals surface area contributed by atoms with Crippen LogP contribution >= 0.6 is 11.6 Å². The maximum absolute atomic E-state index is 6.33. The highest BCUT2D eigenvalue weighted by atomic mass is 35.5. The third kappa shape index (κ3) is 3.41. The summed E-state index contributed by atoms with van der Waals surface area (Å²) < 4.78 is 0. The number of hydrogen-bond acceptors (Lipinski definition) is 3. The third-order valence-corrected chi connectivity index (χ3v) is 4.19. The zero-order valence-corrected chi connectivity index (χ0v) is 12.9. The van der Waals surface area contributed by atoms with Gasteiger partial charge in [-0.2, -0.15) is 0 Å². The highest BCUT2D eigenvalue weighted by Gasteiger charge is 2.21. The summed E-state index contributed by atoms with van der Waals surface area (Å²) in [4.78, 5) is 4.98. The normalized spacial score (nSPS) is 17.2. The highest BCUT2D eigenvalue weighted by molar-refractivity contribution is 6.31. The average Bonchev–Trinajstić information content (AvgIpc) is 2.41. The minimum Gasteiger partial charge on any atom is -0.369 e. The molecule has 0 saturated carbocycles. The molecule has 1 saturated heterocycles. The van der Waals surface area contributed by atoms with Crippen LogP contribution in [-0.2, 0) is 6.54 Å². The molecule has 0 atom stereocenters. The van der Waals surface area contributed by atoms with Crippen molar-refractivity contribution in [2.45, 2.75) is 26.4 Å². The van der Waals surface area contributed by atoms with Crippen LogP contribution in [0.1, 0.15) is 19.4 Å². The summed E-state index contributed by atoms with van der Waals surface area (Å²) >= 11 is 6.33. The quantitative estimate of drug-likeness (QED) is 0.915. The second-order valence-corrected chi connectivity index (χ2v) is 5.79. The number of anilines is 1. The summed E-state index contributed by atoms with van der Waals surface area (Å²) in [6.45, 7) is 9.76. The maximum atomic E-state index is 6.33. The van der Waals surface area contributed by atoms with E-state index in [4.69, 9.17) is 11.6 Å². The summed E-state index contributed by atoms with van der Waals surface area (Å²) in [5, 5.41) is 4.07. The molecule has 0 bridgehead atoms. The Bertz CT molecular complexity index is 412. The monoisotopic (exact) mass is 281 g/mol. The molecule has 0 unspecified atom stereocenters. The molecule has 3 nitrogen and oxygen atoms in total. The summed E-state index contributed by atoms with van der Waals surface area (Å²) in [5.41, 5.74) is 2.50. The second-order valence-electron chi connectivity index (χ2n) is 5.38. The number of nitrogens with zero attached hydrogens (tertiary/aromatic N) is 2. The van der Waals surface area contributed by atoms with Gasteiger partial charge in [-0.25, -0.2) is 0 Å². The van der Waals surface area contributed by atoms with Crippen molar-refractivity contribution in [1.82, 2.24) is 10.2 Å². The van der Waals surface area contributed by atoms with E-state index in [1.807, 2.05) is 19.2 Å². The molecule has 0 radical (unpaired) electrons. The Morgan fingerprint density at radius 1 is 1.21 bits per heavy atom. The first-order valence-corrected chi connectivity index (χ1v) is 7.42. The Kier molecular flexibility index (Phi) is 5.08. The third-order valence-electron chi connectivity index (χ3n) is 3.83. The van der Waals surface area contributed by atoms with E-state index >= 15 is 0 Å². The first-order valence-electron chi connectivity index (χ1n) is 7.04. The molecule has 1 aromatic rings. The zero-order valence-electron chi connectivity index (χ0n) is 12.1. The fourth-order valence-electron chi connectivity index (χ4n) is 2.67. The smallest absolute Gasteiger partial charge is 0.0471 e. The molecular formula is C15H24ClN3. The van der Waals surface area contributed by atoms with Gasteiger partial charge in [0.05, 0.1) is 0 Å². The lowest BCUT2D eigenvalue weighted by Crippen LogP contribution is -2.49. The molecule has 0 aliphatic carbocycles. The number of nitrogens with one attached hydrogen (secondary N) is 1. The molecule has 0 aromatic heterocycles. The van der Waals surface area contributed by atoms with Gasteiger partial charge in [-0.1, -0.05) is 17.7 Å². The van der Waals surface area contributed by atoms with Crippen molar-refractivity contribution in [3.63, 3.8) is 0 Å². The van der Waals surface area contributed by atoms with Crippen LogP contribution in [-0.4, -0.2) is 44.2 Å². The summed E-state index contributed by atoms with van der Waals surface area (Å²) in [5.74, 6) is 0. The van der Waals surface area contributed by atoms with E-state index in [0.717, 1.165) is 37.7 Å². The van der Waals surface area contributed by atoms with E-state index in [0.29, 0.717) is 6.04 Å². The molecule has 1 aliphatic heterocycles. The van der Waals surface area contributed by atoms with Crippen LogP contribution in [0.25, 0.3) is 0 Å². The van der Waals surface area contributed by atoms with Crippen LogP contribution in [0.5, 0.6) is 0 Å². The Morgan fingerprint density at radius 2 is 1.89 bits per heavy atom. The van der Waals surface area contributed by atoms with E-state index < -0.39 is 0 Å². The van der Waals surface area contributed by atoms with Crippen LogP contribution in [0.4, 0.5) is 5.69 Å². The molecule has 1 aliphatic rings. The second kappa shape index (κ2) is 6.60. The first-order chi connectivity index (χ1) is 9.13. The molecule has 106 valence electrons. The zero-order chi connectivity index (χ0) is 13.8. The summed E-state index contributed by atoms with van der Waals surface area (Å²) in [6.07, 6.45) is 0. The van der Waals surface area contributed by atoms with E-state index in [1.54, 1.807) is 0 Å². The van der Waals surface area contributed by atoms with Gasteiger partial charge in [-0.15, -0.1) is 0 Å². The van der Waals surface area contributed by atoms with Crippen LogP contribution in [0, 0.1) is 0 Å². The average molecular weight is 282 g/mol. The predicted molar refractivity (Wildman–Crippen MR) is 83.1 cm³/mol. The van der Waals surface area contributed by atoms with Crippen molar-refractivity contribution < 1.29 is 0 Å². The van der Waals surface area contributed by atoms with Gasteiger partial charge in [0.2, 0.25) is 0 Å². The highest BCUT2D eigenvalue weighted by Crippen LogP contribution is 2.28. The Morgan fingerprint density at radius 3 is 2.47 bits per heavy atom. The Labute approximate surface area is 121 Å². The Hall–Kier alpha value is -0.770. The van der Waals surface area contributed by atoms with Gasteiger partial charge >= 0.3 is 0 Å². The molecule has 0 spiro atoms. The van der Waals surface area contributed by atoms with E-state index in [2.05, 4.69) is 35.0 Å². The fourth-order valence-corrected chi connectivity index (χ4v) is 2.91. The largest absolute Gasteiger partial charge is 0.369 e. The molecule has 1 N–H and O–H groups in total. The topological polar surface area (TPSA) is 18.5 Å². The molecule has 19 heavy (non-hydrogen) atoms. The summed E-state index contributed by atoms with van der Waals surface area (Å²) in [6, 6.07) is 6.84. The number of benzene rings is 1. The van der Waals surface area contributed by atoms with Crippen LogP contribution < -0.4 is 10.2 Å². The van der Waals surface area contributed by atoms with Gasteiger partial charge in [0.15, 0.2) is 0 Å². The van der Waals surface area contributed by atoms with Crippen LogP contribution in [0.2, 0.25) is 5.02 Å². The van der Waals surface area contributed by atoms with E-state index in [-0.39, 0.29) is 0 Å². The molecule has 1 aromatic carbocycles. The van der Waals surface area contributed by atoms with E-state index in [1.165, 1.54) is 11.3 Å². The van der Waals surface area contributed by atoms with Gasteiger partial charge in [-0.05, 0) is 33.0 Å². The molecule has 2 rings (SSSR count). The summed E-state index contributed by atoms with van der Waals surface area (Å²) in [7, 11) is 1.96. The lowest BCUT2D eigenvalue weighted by atomic mass is 10.1. The minimum absolute atomic E-state index is 0.637. The number of hydrogen-bond donors (Lipinski definition) is 1. The van der Waals surface area contributed by atoms with Crippen molar-refractivity contribution in [2.24, 2.45) is 0 Å². The van der Waals surface area contributed by atoms with Crippen LogP contribution in [0.3, 0.4) is 0 Å². The first kappa shape index (κ1) is 14.6. The Balaban J connectivity index is 2.13. The van der Waals surface area contributed by atoms with Crippen LogP contribution in [0.15, 0.2) is 18.2 Å². The number of rotatable bonds is 4. The molecule has 0 amide bonds. The molecule has 4 heteroatoms. The molecule has 1 fully saturated rings. The van der Waals surface area contributed by atoms with Gasteiger partial charge in [0, 0.05) is 55.0 Å². The standard InChI is InChI=1S/C15H24ClN3/c1-12(2)18-7-9-19(10-8-18)15-6-4-5-14(16)13(15)11-17-3/h4-6,12,17H,7-11H2,1-3H3. The van der Waals surface area contributed by atoms with Crippen molar-refractivity contribution in [2.75, 3.05) is 38.1 Å². The molecular weight excluding hydrogens is 258 g/mol. The minimum atomic E-state index is 0.637. The van der Waals surface area contributed by atoms with Crippen molar-refractivity contribution in [1.29, 1.82) is 0 Å². The van der Waals surface area contributed by atoms with Gasteiger partial charge < -0.3 is 10.2 Å². The van der Waals surface area contributed by atoms with Gasteiger partial charge in [-0.3, -0.25) is 4.90 Å². The lowest BCUT2D eigenvalue weighted by molar-refractivity contribution is 0.209. The predicted octanol–water partition coefficient (Wildman–Crippen LogP) is 2.59. The van der Waals surface area contributed by atoms with Gasteiger partial charge in [0.1, 0.15) is 0 Å². The number of piperazine rings is 1.